The van der Waals surface area contributed by atoms with Crippen molar-refractivity contribution in [3.8, 4) is 0 Å². The van der Waals surface area contributed by atoms with Gasteiger partial charge in [0.1, 0.15) is 0 Å². The van der Waals surface area contributed by atoms with Gasteiger partial charge in [-0.25, -0.2) is 0 Å². The first-order valence-corrected chi connectivity index (χ1v) is 8.31. The molecule has 2 aromatic rings. The molecule has 0 atom stereocenters. The molecule has 1 aromatic carbocycles. The van der Waals surface area contributed by atoms with Crippen LogP contribution < -0.4 is 5.46 Å². The van der Waals surface area contributed by atoms with Gasteiger partial charge >= 0.3 is 7.12 Å². The van der Waals surface area contributed by atoms with Crippen molar-refractivity contribution in [2.24, 2.45) is 5.41 Å². The van der Waals surface area contributed by atoms with E-state index in [1.54, 1.807) is 30.0 Å². The Labute approximate surface area is 127 Å². The Kier molecular flexibility index (Phi) is 4.30. The normalized spacial score (nSPS) is 11.9. The van der Waals surface area contributed by atoms with Gasteiger partial charge in [0.25, 0.3) is 0 Å². The number of ketones is 1. The SMILES string of the molecule is CSc1sc(C(=O)C(C)(C)C)c2ccc(B(O)O)cc12. The fraction of sp³-hybridized carbons (Fsp3) is 0.357. The maximum Gasteiger partial charge on any atom is 0.488 e. The number of thiophene rings is 1. The van der Waals surface area contributed by atoms with Gasteiger partial charge in [0.05, 0.1) is 9.09 Å². The molecule has 0 aliphatic rings. The summed E-state index contributed by atoms with van der Waals surface area (Å²) in [5, 5.41) is 20.4. The summed E-state index contributed by atoms with van der Waals surface area (Å²) in [5.41, 5.74) is 0.0168. The van der Waals surface area contributed by atoms with E-state index >= 15 is 0 Å². The minimum absolute atomic E-state index is 0.116. The van der Waals surface area contributed by atoms with Gasteiger partial charge in [-0.3, -0.25) is 4.79 Å². The molecular weight excluding hydrogens is 291 g/mol. The van der Waals surface area contributed by atoms with Crippen LogP contribution in [0.3, 0.4) is 0 Å². The molecule has 0 amide bonds. The average Bonchev–Trinajstić information content (AvgIpc) is 2.74. The largest absolute Gasteiger partial charge is 0.488 e. The molecule has 0 aliphatic carbocycles. The molecule has 0 fully saturated rings. The zero-order chi connectivity index (χ0) is 15.1. The Morgan fingerprint density at radius 1 is 1.25 bits per heavy atom. The van der Waals surface area contributed by atoms with Crippen molar-refractivity contribution in [3.05, 3.63) is 23.1 Å². The molecule has 2 N–H and O–H groups in total. The van der Waals surface area contributed by atoms with Gasteiger partial charge in [0.2, 0.25) is 0 Å². The number of hydrogen-bond donors (Lipinski definition) is 2. The lowest BCUT2D eigenvalue weighted by molar-refractivity contribution is 0.0864. The second-order valence-electron chi connectivity index (χ2n) is 5.68. The standard InChI is InChI=1S/C14H17BO3S2/c1-14(2,3)12(16)11-9-6-5-8(15(17)18)7-10(9)13(19-4)20-11/h5-7,17-18H,1-4H3. The van der Waals surface area contributed by atoms with Crippen LogP contribution in [0, 0.1) is 5.41 Å². The molecule has 20 heavy (non-hydrogen) atoms. The minimum Gasteiger partial charge on any atom is -0.423 e. The predicted molar refractivity (Wildman–Crippen MR) is 87.2 cm³/mol. The van der Waals surface area contributed by atoms with E-state index in [0.29, 0.717) is 5.46 Å². The Bertz CT molecular complexity index is 656. The van der Waals surface area contributed by atoms with Crippen molar-refractivity contribution < 1.29 is 14.8 Å². The lowest BCUT2D eigenvalue weighted by Gasteiger charge is -2.15. The highest BCUT2D eigenvalue weighted by atomic mass is 32.2. The quantitative estimate of drug-likeness (QED) is 0.520. The lowest BCUT2D eigenvalue weighted by atomic mass is 9.79. The summed E-state index contributed by atoms with van der Waals surface area (Å²) in [6, 6.07) is 5.21. The number of carbonyl (C=O) groups excluding carboxylic acids is 1. The van der Waals surface area contributed by atoms with Crippen LogP contribution in [0.2, 0.25) is 0 Å². The zero-order valence-electron chi connectivity index (χ0n) is 11.9. The number of carbonyl (C=O) groups is 1. The van der Waals surface area contributed by atoms with Crippen LogP contribution in [-0.2, 0) is 0 Å². The first kappa shape index (κ1) is 15.6. The molecule has 6 heteroatoms. The third kappa shape index (κ3) is 2.79. The molecule has 0 spiro atoms. The third-order valence-electron chi connectivity index (χ3n) is 3.07. The summed E-state index contributed by atoms with van der Waals surface area (Å²) in [6.45, 7) is 5.72. The first-order chi connectivity index (χ1) is 9.25. The van der Waals surface area contributed by atoms with Crippen molar-refractivity contribution in [2.75, 3.05) is 6.26 Å². The van der Waals surface area contributed by atoms with Crippen LogP contribution in [0.5, 0.6) is 0 Å². The Morgan fingerprint density at radius 2 is 1.90 bits per heavy atom. The molecule has 0 radical (unpaired) electrons. The van der Waals surface area contributed by atoms with E-state index in [1.807, 2.05) is 27.0 Å². The Morgan fingerprint density at radius 3 is 2.40 bits per heavy atom. The van der Waals surface area contributed by atoms with E-state index in [4.69, 9.17) is 0 Å². The van der Waals surface area contributed by atoms with Crippen molar-refractivity contribution in [2.45, 2.75) is 25.0 Å². The molecule has 0 saturated heterocycles. The van der Waals surface area contributed by atoms with Crippen LogP contribution in [-0.4, -0.2) is 29.2 Å². The Hall–Kier alpha value is -0.815. The van der Waals surface area contributed by atoms with Gasteiger partial charge in [0, 0.05) is 16.2 Å². The molecular formula is C14H17BO3S2. The highest BCUT2D eigenvalue weighted by Gasteiger charge is 2.27. The van der Waals surface area contributed by atoms with E-state index in [-0.39, 0.29) is 5.78 Å². The molecule has 0 aliphatic heterocycles. The number of fused-ring (bicyclic) bond motifs is 1. The highest BCUT2D eigenvalue weighted by molar-refractivity contribution is 8.00. The summed E-state index contributed by atoms with van der Waals surface area (Å²) < 4.78 is 1.02. The first-order valence-electron chi connectivity index (χ1n) is 6.27. The van der Waals surface area contributed by atoms with Gasteiger partial charge in [-0.05, 0) is 11.7 Å². The zero-order valence-corrected chi connectivity index (χ0v) is 13.6. The molecule has 106 valence electrons. The number of thioether (sulfide) groups is 1. The molecule has 1 heterocycles. The number of hydrogen-bond acceptors (Lipinski definition) is 5. The van der Waals surface area contributed by atoms with Crippen LogP contribution >= 0.6 is 23.1 Å². The summed E-state index contributed by atoms with van der Waals surface area (Å²) in [6.07, 6.45) is 1.96. The van der Waals surface area contributed by atoms with Crippen LogP contribution in [0.25, 0.3) is 10.8 Å². The van der Waals surface area contributed by atoms with Crippen LogP contribution in [0.4, 0.5) is 0 Å². The fourth-order valence-corrected chi connectivity index (χ4v) is 4.08. The molecule has 0 unspecified atom stereocenters. The van der Waals surface area contributed by atoms with Crippen LogP contribution in [0.15, 0.2) is 22.4 Å². The monoisotopic (exact) mass is 308 g/mol. The van der Waals surface area contributed by atoms with Crippen molar-refractivity contribution in [3.63, 3.8) is 0 Å². The molecule has 0 saturated carbocycles. The van der Waals surface area contributed by atoms with Crippen molar-refractivity contribution in [1.82, 2.24) is 0 Å². The average molecular weight is 308 g/mol. The topological polar surface area (TPSA) is 57.5 Å². The second-order valence-corrected chi connectivity index (χ2v) is 7.78. The van der Waals surface area contributed by atoms with Gasteiger partial charge < -0.3 is 10.0 Å². The van der Waals surface area contributed by atoms with Gasteiger partial charge in [-0.2, -0.15) is 0 Å². The second kappa shape index (κ2) is 5.52. The predicted octanol–water partition coefficient (Wildman–Crippen LogP) is 2.53. The molecule has 2 rings (SSSR count). The summed E-state index contributed by atoms with van der Waals surface area (Å²) in [4.78, 5) is 13.3. The van der Waals surface area contributed by atoms with Gasteiger partial charge in [-0.15, -0.1) is 23.1 Å². The fourth-order valence-electron chi connectivity index (χ4n) is 1.95. The summed E-state index contributed by atoms with van der Waals surface area (Å²) >= 11 is 3.05. The minimum atomic E-state index is -1.49. The van der Waals surface area contributed by atoms with Gasteiger partial charge in [-0.1, -0.05) is 39.0 Å². The molecule has 3 nitrogen and oxygen atoms in total. The van der Waals surface area contributed by atoms with E-state index in [1.165, 1.54) is 11.3 Å². The Balaban J connectivity index is 2.67. The smallest absolute Gasteiger partial charge is 0.423 e. The maximum atomic E-state index is 12.5. The highest BCUT2D eigenvalue weighted by Crippen LogP contribution is 2.39. The van der Waals surface area contributed by atoms with Gasteiger partial charge in [0.15, 0.2) is 5.78 Å². The van der Waals surface area contributed by atoms with E-state index in [0.717, 1.165) is 19.9 Å². The number of benzene rings is 1. The van der Waals surface area contributed by atoms with Crippen molar-refractivity contribution in [1.29, 1.82) is 0 Å². The third-order valence-corrected chi connectivity index (χ3v) is 5.43. The number of Topliss-reactive ketones (excluding diaryl/α,β-unsaturated/α-hetero) is 1. The number of rotatable bonds is 3. The van der Waals surface area contributed by atoms with Crippen molar-refractivity contribution >= 4 is 52.2 Å². The molecule has 1 aromatic heterocycles. The summed E-state index contributed by atoms with van der Waals surface area (Å²) in [7, 11) is -1.49. The van der Waals surface area contributed by atoms with E-state index < -0.39 is 12.5 Å². The van der Waals surface area contributed by atoms with E-state index in [2.05, 4.69) is 0 Å². The van der Waals surface area contributed by atoms with E-state index in [9.17, 15) is 14.8 Å². The summed E-state index contributed by atoms with van der Waals surface area (Å²) in [5.74, 6) is 0.116. The lowest BCUT2D eigenvalue weighted by Crippen LogP contribution is -2.29. The van der Waals surface area contributed by atoms with Crippen LogP contribution in [0.1, 0.15) is 30.4 Å². The maximum absolute atomic E-state index is 12.5. The molecule has 0 bridgehead atoms.